The molecule has 122 valence electrons. The van der Waals surface area contributed by atoms with Crippen molar-refractivity contribution < 1.29 is 0 Å². The minimum absolute atomic E-state index is 0.120. The Morgan fingerprint density at radius 3 is 1.05 bits per heavy atom. The van der Waals surface area contributed by atoms with E-state index in [9.17, 15) is 0 Å². The van der Waals surface area contributed by atoms with E-state index in [-0.39, 0.29) is 4.87 Å². The second-order valence-electron chi connectivity index (χ2n) is 6.58. The predicted octanol–water partition coefficient (Wildman–Crippen LogP) is 7.88. The summed E-state index contributed by atoms with van der Waals surface area (Å²) in [7, 11) is 0. The van der Waals surface area contributed by atoms with Crippen LogP contribution in [0.4, 0.5) is 0 Å². The van der Waals surface area contributed by atoms with Gasteiger partial charge >= 0.3 is 0 Å². The van der Waals surface area contributed by atoms with Gasteiger partial charge in [-0.3, -0.25) is 0 Å². The Morgan fingerprint density at radius 2 is 0.800 bits per heavy atom. The lowest BCUT2D eigenvalue weighted by Crippen LogP contribution is -2.21. The van der Waals surface area contributed by atoms with E-state index in [1.165, 1.54) is 96.3 Å². The normalized spacial score (nSPS) is 12.0. The summed E-state index contributed by atoms with van der Waals surface area (Å²) in [6.45, 7) is 6.84. The van der Waals surface area contributed by atoms with Gasteiger partial charge in [-0.2, -0.15) is 0 Å². The van der Waals surface area contributed by atoms with Crippen LogP contribution in [-0.4, -0.2) is 4.87 Å². The molecule has 0 unspecified atom stereocenters. The molecule has 0 radical (unpaired) electrons. The molecule has 0 aromatic rings. The smallest absolute Gasteiger partial charge is 0.0446 e. The molecular formula is C19H39Cl. The molecule has 0 aliphatic heterocycles. The van der Waals surface area contributed by atoms with E-state index in [1.54, 1.807) is 0 Å². The number of alkyl halides is 1. The van der Waals surface area contributed by atoms with E-state index in [0.29, 0.717) is 0 Å². The van der Waals surface area contributed by atoms with E-state index < -0.39 is 0 Å². The molecule has 0 aromatic carbocycles. The van der Waals surface area contributed by atoms with Gasteiger partial charge in [0.05, 0.1) is 0 Å². The number of unbranched alkanes of at least 4 members (excludes halogenated alkanes) is 9. The lowest BCUT2D eigenvalue weighted by Gasteiger charge is -2.27. The summed E-state index contributed by atoms with van der Waals surface area (Å²) < 4.78 is 0. The molecule has 0 rings (SSSR count). The molecule has 0 nitrogen and oxygen atoms in total. The minimum Gasteiger partial charge on any atom is -0.119 e. The second-order valence-corrected chi connectivity index (χ2v) is 7.38. The standard InChI is InChI=1S/C19H39Cl/c1-4-7-10-13-16-19(20,17-14-11-8-5-2)18-15-12-9-6-3/h4-18H2,1-3H3. The molecule has 20 heavy (non-hydrogen) atoms. The van der Waals surface area contributed by atoms with Crippen molar-refractivity contribution in [1.29, 1.82) is 0 Å². The van der Waals surface area contributed by atoms with Crippen molar-refractivity contribution >= 4 is 11.6 Å². The molecule has 0 aliphatic carbocycles. The van der Waals surface area contributed by atoms with Crippen molar-refractivity contribution in [3.05, 3.63) is 0 Å². The fourth-order valence-electron chi connectivity index (χ4n) is 2.98. The molecule has 0 fully saturated rings. The summed E-state index contributed by atoms with van der Waals surface area (Å²) >= 11 is 6.98. The van der Waals surface area contributed by atoms with Gasteiger partial charge in [-0.15, -0.1) is 11.6 Å². The van der Waals surface area contributed by atoms with Crippen LogP contribution < -0.4 is 0 Å². The molecule has 0 bridgehead atoms. The Balaban J connectivity index is 3.98. The first-order valence-electron chi connectivity index (χ1n) is 9.37. The Bertz CT molecular complexity index is 157. The molecule has 0 spiro atoms. The molecule has 0 aliphatic rings. The average molecular weight is 303 g/mol. The summed E-state index contributed by atoms with van der Waals surface area (Å²) in [5, 5.41) is 0. The topological polar surface area (TPSA) is 0 Å². The number of halogens is 1. The summed E-state index contributed by atoms with van der Waals surface area (Å²) in [6, 6.07) is 0. The lowest BCUT2D eigenvalue weighted by atomic mass is 9.88. The van der Waals surface area contributed by atoms with Gasteiger partial charge in [0.25, 0.3) is 0 Å². The van der Waals surface area contributed by atoms with Gasteiger partial charge in [0.15, 0.2) is 0 Å². The molecule has 0 atom stereocenters. The minimum atomic E-state index is 0.120. The third-order valence-corrected chi connectivity index (χ3v) is 5.00. The van der Waals surface area contributed by atoms with Crippen molar-refractivity contribution in [2.24, 2.45) is 0 Å². The van der Waals surface area contributed by atoms with Gasteiger partial charge in [-0.1, -0.05) is 97.8 Å². The molecule has 0 N–H and O–H groups in total. The van der Waals surface area contributed by atoms with E-state index in [2.05, 4.69) is 20.8 Å². The molecule has 0 saturated heterocycles. The predicted molar refractivity (Wildman–Crippen MR) is 94.9 cm³/mol. The highest BCUT2D eigenvalue weighted by molar-refractivity contribution is 6.23. The van der Waals surface area contributed by atoms with E-state index in [4.69, 9.17) is 11.6 Å². The maximum atomic E-state index is 6.98. The Morgan fingerprint density at radius 1 is 0.500 bits per heavy atom. The van der Waals surface area contributed by atoms with Gasteiger partial charge in [0.2, 0.25) is 0 Å². The van der Waals surface area contributed by atoms with Crippen molar-refractivity contribution in [3.63, 3.8) is 0 Å². The van der Waals surface area contributed by atoms with Crippen molar-refractivity contribution in [1.82, 2.24) is 0 Å². The van der Waals surface area contributed by atoms with E-state index in [0.717, 1.165) is 0 Å². The van der Waals surface area contributed by atoms with Crippen LogP contribution in [0.5, 0.6) is 0 Å². The van der Waals surface area contributed by atoms with E-state index >= 15 is 0 Å². The molecular weight excluding hydrogens is 264 g/mol. The Hall–Kier alpha value is 0.290. The first-order valence-corrected chi connectivity index (χ1v) is 9.75. The summed E-state index contributed by atoms with van der Waals surface area (Å²) in [5.41, 5.74) is 0. The first-order chi connectivity index (χ1) is 9.68. The highest BCUT2D eigenvalue weighted by Crippen LogP contribution is 2.35. The molecule has 0 saturated carbocycles. The Labute approximate surface area is 134 Å². The van der Waals surface area contributed by atoms with E-state index in [1.807, 2.05) is 0 Å². The van der Waals surface area contributed by atoms with Crippen LogP contribution in [0.2, 0.25) is 0 Å². The molecule has 0 amide bonds. The molecule has 1 heteroatoms. The third-order valence-electron chi connectivity index (χ3n) is 4.44. The maximum Gasteiger partial charge on any atom is 0.0446 e. The van der Waals surface area contributed by atoms with Gasteiger partial charge in [-0.25, -0.2) is 0 Å². The van der Waals surface area contributed by atoms with Gasteiger partial charge in [0, 0.05) is 4.87 Å². The fourth-order valence-corrected chi connectivity index (χ4v) is 3.38. The van der Waals surface area contributed by atoms with Crippen LogP contribution in [0, 0.1) is 0 Å². The van der Waals surface area contributed by atoms with Crippen LogP contribution >= 0.6 is 11.6 Å². The van der Waals surface area contributed by atoms with Gasteiger partial charge in [-0.05, 0) is 19.3 Å². The molecule has 0 heterocycles. The number of hydrogen-bond acceptors (Lipinski definition) is 0. The van der Waals surface area contributed by atoms with Crippen LogP contribution in [0.15, 0.2) is 0 Å². The number of hydrogen-bond donors (Lipinski definition) is 0. The van der Waals surface area contributed by atoms with Crippen LogP contribution in [0.25, 0.3) is 0 Å². The summed E-state index contributed by atoms with van der Waals surface area (Å²) in [5.74, 6) is 0. The zero-order valence-corrected chi connectivity index (χ0v) is 15.2. The van der Waals surface area contributed by atoms with Crippen LogP contribution in [0.3, 0.4) is 0 Å². The average Bonchev–Trinajstić information content (AvgIpc) is 2.45. The summed E-state index contributed by atoms with van der Waals surface area (Å²) in [6.07, 6.45) is 19.9. The van der Waals surface area contributed by atoms with Crippen LogP contribution in [-0.2, 0) is 0 Å². The SMILES string of the molecule is CCCCCCC(Cl)(CCCCCC)CCCCCC. The van der Waals surface area contributed by atoms with Gasteiger partial charge < -0.3 is 0 Å². The molecule has 0 aromatic heterocycles. The second kappa shape index (κ2) is 14.2. The largest absolute Gasteiger partial charge is 0.119 e. The zero-order valence-electron chi connectivity index (χ0n) is 14.5. The lowest BCUT2D eigenvalue weighted by molar-refractivity contribution is 0.399. The fraction of sp³-hybridized carbons (Fsp3) is 1.00. The highest BCUT2D eigenvalue weighted by atomic mass is 35.5. The first kappa shape index (κ1) is 20.3. The van der Waals surface area contributed by atoms with Crippen molar-refractivity contribution in [2.75, 3.05) is 0 Å². The Kier molecular flexibility index (Phi) is 14.4. The summed E-state index contributed by atoms with van der Waals surface area (Å²) in [4.78, 5) is 0.120. The van der Waals surface area contributed by atoms with Crippen molar-refractivity contribution in [2.45, 2.75) is 122 Å². The third kappa shape index (κ3) is 12.1. The highest BCUT2D eigenvalue weighted by Gasteiger charge is 2.25. The van der Waals surface area contributed by atoms with Gasteiger partial charge in [0.1, 0.15) is 0 Å². The van der Waals surface area contributed by atoms with Crippen LogP contribution in [0.1, 0.15) is 117 Å². The van der Waals surface area contributed by atoms with Crippen molar-refractivity contribution in [3.8, 4) is 0 Å². The monoisotopic (exact) mass is 302 g/mol. The quantitative estimate of drug-likeness (QED) is 0.213. The zero-order chi connectivity index (χ0) is 15.1. The number of rotatable bonds is 15. The maximum absolute atomic E-state index is 6.98.